The molecule has 5 rings (SSSR count). The van der Waals surface area contributed by atoms with E-state index in [1.807, 2.05) is 19.1 Å². The standard InChI is InChI=1S/C23H18ClFN4O2S/c1-12-14(7-5-8-16(12)24)21-27-22(31-28-21)18-10-11-29(18)23(30)19-20(32-13(2)26-19)15-6-3-4-9-17(15)25/h3-9,18H,10-11H2,1-2H3. The van der Waals surface area contributed by atoms with E-state index in [1.54, 1.807) is 36.1 Å². The summed E-state index contributed by atoms with van der Waals surface area (Å²) in [6.07, 6.45) is 0.694. The highest BCUT2D eigenvalue weighted by Gasteiger charge is 2.40. The average Bonchev–Trinajstić information content (AvgIpc) is 3.36. The maximum atomic E-state index is 14.4. The minimum Gasteiger partial charge on any atom is -0.337 e. The van der Waals surface area contributed by atoms with Crippen LogP contribution in [0.1, 0.15) is 39.4 Å². The maximum absolute atomic E-state index is 14.4. The van der Waals surface area contributed by atoms with Crippen molar-refractivity contribution >= 4 is 28.8 Å². The molecule has 0 radical (unpaired) electrons. The lowest BCUT2D eigenvalue weighted by molar-refractivity contribution is 0.0374. The first kappa shape index (κ1) is 20.8. The van der Waals surface area contributed by atoms with Gasteiger partial charge in [0.15, 0.2) is 0 Å². The molecule has 3 heterocycles. The Morgan fingerprint density at radius 3 is 2.69 bits per heavy atom. The molecule has 2 aromatic heterocycles. The Bertz CT molecular complexity index is 1340. The third-order valence-electron chi connectivity index (χ3n) is 5.57. The molecule has 162 valence electrons. The van der Waals surface area contributed by atoms with Gasteiger partial charge in [0.1, 0.15) is 17.6 Å². The van der Waals surface area contributed by atoms with E-state index in [4.69, 9.17) is 16.1 Å². The van der Waals surface area contributed by atoms with Crippen molar-refractivity contribution in [3.05, 3.63) is 75.5 Å². The zero-order valence-electron chi connectivity index (χ0n) is 17.3. The SMILES string of the molecule is Cc1nc(C(=O)N2CCC2c2nc(-c3cccc(Cl)c3C)no2)c(-c2ccccc2F)s1. The number of amides is 1. The van der Waals surface area contributed by atoms with Crippen LogP contribution < -0.4 is 0 Å². The van der Waals surface area contributed by atoms with Gasteiger partial charge in [0.25, 0.3) is 5.91 Å². The van der Waals surface area contributed by atoms with Crippen LogP contribution in [0.4, 0.5) is 4.39 Å². The van der Waals surface area contributed by atoms with Gasteiger partial charge >= 0.3 is 0 Å². The fourth-order valence-electron chi connectivity index (χ4n) is 3.75. The highest BCUT2D eigenvalue weighted by Crippen LogP contribution is 2.38. The van der Waals surface area contributed by atoms with Gasteiger partial charge in [0.2, 0.25) is 11.7 Å². The quantitative estimate of drug-likeness (QED) is 0.375. The van der Waals surface area contributed by atoms with Crippen molar-refractivity contribution in [3.8, 4) is 21.8 Å². The molecule has 1 aliphatic heterocycles. The fraction of sp³-hybridized carbons (Fsp3) is 0.217. The highest BCUT2D eigenvalue weighted by atomic mass is 35.5. The molecule has 6 nitrogen and oxygen atoms in total. The van der Waals surface area contributed by atoms with Gasteiger partial charge in [-0.3, -0.25) is 4.79 Å². The largest absolute Gasteiger partial charge is 0.337 e. The topological polar surface area (TPSA) is 72.1 Å². The van der Waals surface area contributed by atoms with E-state index < -0.39 is 0 Å². The first-order valence-electron chi connectivity index (χ1n) is 10.1. The first-order valence-corrected chi connectivity index (χ1v) is 11.3. The lowest BCUT2D eigenvalue weighted by Gasteiger charge is -2.38. The number of aromatic nitrogens is 3. The van der Waals surface area contributed by atoms with Crippen molar-refractivity contribution in [1.29, 1.82) is 0 Å². The normalized spacial score (nSPS) is 15.6. The summed E-state index contributed by atoms with van der Waals surface area (Å²) in [4.78, 5) is 24.4. The van der Waals surface area contributed by atoms with Crippen molar-refractivity contribution in [2.75, 3.05) is 6.54 Å². The monoisotopic (exact) mass is 468 g/mol. The fourth-order valence-corrected chi connectivity index (χ4v) is 4.86. The minimum absolute atomic E-state index is 0.243. The number of halogens is 2. The Labute approximate surface area is 192 Å². The van der Waals surface area contributed by atoms with E-state index in [1.165, 1.54) is 17.4 Å². The van der Waals surface area contributed by atoms with Crippen LogP contribution in [0.2, 0.25) is 5.02 Å². The van der Waals surface area contributed by atoms with E-state index in [0.29, 0.717) is 45.2 Å². The number of thiazole rings is 1. The van der Waals surface area contributed by atoms with E-state index in [0.717, 1.165) is 11.1 Å². The molecule has 1 fully saturated rings. The Morgan fingerprint density at radius 2 is 1.94 bits per heavy atom. The Balaban J connectivity index is 1.44. The molecule has 1 atom stereocenters. The second-order valence-electron chi connectivity index (χ2n) is 7.56. The van der Waals surface area contributed by atoms with E-state index in [9.17, 15) is 9.18 Å². The summed E-state index contributed by atoms with van der Waals surface area (Å²) in [5, 5.41) is 5.41. The zero-order valence-corrected chi connectivity index (χ0v) is 18.9. The van der Waals surface area contributed by atoms with Crippen LogP contribution in [0.15, 0.2) is 47.0 Å². The van der Waals surface area contributed by atoms with Gasteiger partial charge in [-0.25, -0.2) is 9.37 Å². The van der Waals surface area contributed by atoms with Crippen LogP contribution in [0.3, 0.4) is 0 Å². The number of benzene rings is 2. The van der Waals surface area contributed by atoms with Crippen LogP contribution in [0.5, 0.6) is 0 Å². The molecule has 32 heavy (non-hydrogen) atoms. The number of carbonyl (C=O) groups excluding carboxylic acids is 1. The molecule has 0 saturated carbocycles. The minimum atomic E-state index is -0.385. The van der Waals surface area contributed by atoms with E-state index >= 15 is 0 Å². The second-order valence-corrected chi connectivity index (χ2v) is 9.17. The van der Waals surface area contributed by atoms with Crippen molar-refractivity contribution in [2.45, 2.75) is 26.3 Å². The average molecular weight is 469 g/mol. The smallest absolute Gasteiger partial charge is 0.274 e. The predicted octanol–water partition coefficient (Wildman–Crippen LogP) is 5.86. The third kappa shape index (κ3) is 3.49. The molecular formula is C23H18ClFN4O2S. The van der Waals surface area contributed by atoms with Gasteiger partial charge in [-0.15, -0.1) is 11.3 Å². The molecular weight excluding hydrogens is 451 g/mol. The van der Waals surface area contributed by atoms with Crippen LogP contribution in [0, 0.1) is 19.7 Å². The lowest BCUT2D eigenvalue weighted by Crippen LogP contribution is -2.45. The van der Waals surface area contributed by atoms with Crippen LogP contribution in [-0.2, 0) is 0 Å². The molecule has 0 bridgehead atoms. The predicted molar refractivity (Wildman–Crippen MR) is 120 cm³/mol. The van der Waals surface area contributed by atoms with Gasteiger partial charge < -0.3 is 9.42 Å². The summed E-state index contributed by atoms with van der Waals surface area (Å²) in [6.45, 7) is 4.23. The second kappa shape index (κ2) is 8.11. The molecule has 0 spiro atoms. The molecule has 1 amide bonds. The maximum Gasteiger partial charge on any atom is 0.274 e. The molecule has 0 aliphatic carbocycles. The van der Waals surface area contributed by atoms with E-state index in [2.05, 4.69) is 15.1 Å². The summed E-state index contributed by atoms with van der Waals surface area (Å²) in [6, 6.07) is 11.6. The molecule has 1 saturated heterocycles. The number of rotatable bonds is 4. The Kier molecular flexibility index (Phi) is 5.27. The van der Waals surface area contributed by atoms with Crippen molar-refractivity contribution in [3.63, 3.8) is 0 Å². The number of hydrogen-bond donors (Lipinski definition) is 0. The summed E-state index contributed by atoms with van der Waals surface area (Å²) in [7, 11) is 0. The molecule has 4 aromatic rings. The first-order chi connectivity index (χ1) is 15.4. The van der Waals surface area contributed by atoms with Crippen molar-refractivity contribution in [2.24, 2.45) is 0 Å². The van der Waals surface area contributed by atoms with Gasteiger partial charge in [0.05, 0.1) is 9.88 Å². The van der Waals surface area contributed by atoms with Gasteiger partial charge in [-0.1, -0.05) is 47.1 Å². The summed E-state index contributed by atoms with van der Waals surface area (Å²) in [5.74, 6) is 0.126. The zero-order chi connectivity index (χ0) is 22.4. The van der Waals surface area contributed by atoms with Gasteiger partial charge in [-0.2, -0.15) is 4.98 Å². The number of likely N-dealkylation sites (tertiary alicyclic amines) is 1. The Hall–Kier alpha value is -3.10. The van der Waals surface area contributed by atoms with Gasteiger partial charge in [-0.05, 0) is 38.0 Å². The number of aryl methyl sites for hydroxylation is 1. The van der Waals surface area contributed by atoms with Crippen LogP contribution in [0.25, 0.3) is 21.8 Å². The molecule has 0 N–H and O–H groups in total. The summed E-state index contributed by atoms with van der Waals surface area (Å²) < 4.78 is 19.9. The molecule has 2 aromatic carbocycles. The van der Waals surface area contributed by atoms with Crippen molar-refractivity contribution in [1.82, 2.24) is 20.0 Å². The summed E-state index contributed by atoms with van der Waals surface area (Å²) in [5.41, 5.74) is 2.25. The Morgan fingerprint density at radius 1 is 1.16 bits per heavy atom. The van der Waals surface area contributed by atoms with Crippen molar-refractivity contribution < 1.29 is 13.7 Å². The lowest BCUT2D eigenvalue weighted by atomic mass is 10.0. The third-order valence-corrected chi connectivity index (χ3v) is 6.98. The number of hydrogen-bond acceptors (Lipinski definition) is 6. The molecule has 1 unspecified atom stereocenters. The highest BCUT2D eigenvalue weighted by molar-refractivity contribution is 7.15. The molecule has 1 aliphatic rings. The van der Waals surface area contributed by atoms with Gasteiger partial charge in [0, 0.05) is 22.7 Å². The summed E-state index contributed by atoms with van der Waals surface area (Å²) >= 11 is 7.51. The number of carbonyl (C=O) groups is 1. The van der Waals surface area contributed by atoms with Crippen LogP contribution in [-0.4, -0.2) is 32.5 Å². The van der Waals surface area contributed by atoms with E-state index in [-0.39, 0.29) is 23.5 Å². The molecule has 9 heteroatoms. The number of nitrogens with zero attached hydrogens (tertiary/aromatic N) is 4. The van der Waals surface area contributed by atoms with Crippen LogP contribution >= 0.6 is 22.9 Å².